The normalized spacial score (nSPS) is 13.9. The number of carbonyl (C=O) groups excluding carboxylic acids is 1. The summed E-state index contributed by atoms with van der Waals surface area (Å²) in [5.74, 6) is -0.787. The molecule has 1 amide bonds. The highest BCUT2D eigenvalue weighted by Crippen LogP contribution is 2.38. The number of hydrogen-bond acceptors (Lipinski definition) is 5. The number of amides is 1. The van der Waals surface area contributed by atoms with E-state index in [4.69, 9.17) is 4.74 Å². The number of nitrogens with zero attached hydrogens (tertiary/aromatic N) is 4. The van der Waals surface area contributed by atoms with Crippen LogP contribution in [0.5, 0.6) is 5.88 Å². The number of carbonyl (C=O) groups is 1. The van der Waals surface area contributed by atoms with Crippen LogP contribution >= 0.6 is 0 Å². The summed E-state index contributed by atoms with van der Waals surface area (Å²) in [4.78, 5) is 17.4. The summed E-state index contributed by atoms with van der Waals surface area (Å²) >= 11 is 0. The van der Waals surface area contributed by atoms with Gasteiger partial charge in [-0.1, -0.05) is 31.0 Å². The molecular weight excluding hydrogens is 526 g/mol. The van der Waals surface area contributed by atoms with Crippen LogP contribution in [0.25, 0.3) is 5.69 Å². The molecule has 2 heterocycles. The van der Waals surface area contributed by atoms with Crippen molar-refractivity contribution in [2.24, 2.45) is 5.92 Å². The van der Waals surface area contributed by atoms with Gasteiger partial charge in [0, 0.05) is 18.3 Å². The first-order valence-corrected chi connectivity index (χ1v) is 12.6. The van der Waals surface area contributed by atoms with Crippen molar-refractivity contribution in [1.82, 2.24) is 14.8 Å². The smallest absolute Gasteiger partial charge is 0.435 e. The van der Waals surface area contributed by atoms with Gasteiger partial charge in [-0.2, -0.15) is 23.5 Å². The molecule has 5 rings (SSSR count). The highest BCUT2D eigenvalue weighted by atomic mass is 19.4. The quantitative estimate of drug-likeness (QED) is 0.230. The first kappa shape index (κ1) is 26.9. The number of halogens is 4. The van der Waals surface area contributed by atoms with E-state index in [2.05, 4.69) is 15.4 Å². The van der Waals surface area contributed by atoms with Crippen molar-refractivity contribution < 1.29 is 27.1 Å². The third-order valence-electron chi connectivity index (χ3n) is 6.50. The SMILES string of the molecule is N#Cc1cccc(-n2nc(C(F)(F)F)cc2C(=O)Nc2cc(C(CCC3CC3)Oc3ccccn3)ccc2F)c1. The molecule has 1 atom stereocenters. The molecule has 11 heteroatoms. The van der Waals surface area contributed by atoms with Crippen molar-refractivity contribution in [2.45, 2.75) is 38.0 Å². The zero-order valence-corrected chi connectivity index (χ0v) is 21.0. The van der Waals surface area contributed by atoms with Gasteiger partial charge in [0.2, 0.25) is 5.88 Å². The lowest BCUT2D eigenvalue weighted by atomic mass is 10.0. The monoisotopic (exact) mass is 549 g/mol. The molecule has 0 saturated heterocycles. The molecule has 4 aromatic rings. The summed E-state index contributed by atoms with van der Waals surface area (Å²) in [5.41, 5.74) is -1.21. The molecule has 7 nitrogen and oxygen atoms in total. The van der Waals surface area contributed by atoms with Crippen LogP contribution in [-0.4, -0.2) is 20.7 Å². The van der Waals surface area contributed by atoms with Gasteiger partial charge in [-0.05, 0) is 60.7 Å². The van der Waals surface area contributed by atoms with Crippen LogP contribution < -0.4 is 10.1 Å². The zero-order chi connectivity index (χ0) is 28.3. The first-order valence-electron chi connectivity index (χ1n) is 12.6. The number of pyridine rings is 1. The average molecular weight is 550 g/mol. The number of nitriles is 1. The van der Waals surface area contributed by atoms with E-state index in [9.17, 15) is 27.6 Å². The molecule has 0 radical (unpaired) electrons. The fourth-order valence-electron chi connectivity index (χ4n) is 4.26. The second-order valence-corrected chi connectivity index (χ2v) is 9.48. The molecule has 1 aliphatic rings. The maximum atomic E-state index is 14.9. The number of alkyl halides is 3. The Bertz CT molecular complexity index is 1560. The van der Waals surface area contributed by atoms with Gasteiger partial charge >= 0.3 is 6.18 Å². The lowest BCUT2D eigenvalue weighted by Crippen LogP contribution is -2.18. The van der Waals surface area contributed by atoms with Gasteiger partial charge in [0.05, 0.1) is 23.0 Å². The molecule has 0 spiro atoms. The molecular formula is C29H23F4N5O2. The van der Waals surface area contributed by atoms with E-state index in [0.717, 1.165) is 23.9 Å². The third kappa shape index (κ3) is 6.29. The molecule has 1 N–H and O–H groups in total. The van der Waals surface area contributed by atoms with E-state index >= 15 is 0 Å². The Labute approximate surface area is 227 Å². The maximum Gasteiger partial charge on any atom is 0.435 e. The molecule has 204 valence electrons. The topological polar surface area (TPSA) is 92.8 Å². The van der Waals surface area contributed by atoms with Crippen LogP contribution in [0, 0.1) is 23.1 Å². The maximum absolute atomic E-state index is 14.9. The minimum atomic E-state index is -4.84. The van der Waals surface area contributed by atoms with Gasteiger partial charge in [-0.15, -0.1) is 0 Å². The molecule has 1 saturated carbocycles. The minimum Gasteiger partial charge on any atom is -0.469 e. The predicted octanol–water partition coefficient (Wildman–Crippen LogP) is 6.86. The standard InChI is InChI=1S/C29H23F4N5O2/c30-22-11-10-20(25(12-9-18-7-8-18)40-27-6-1-2-13-35-27)15-23(22)36-28(39)24-16-26(29(31,32)33)37-38(24)21-5-3-4-19(14-21)17-34/h1-6,10-11,13-16,18,25H,7-9,12H2,(H,36,39). The van der Waals surface area contributed by atoms with E-state index in [0.29, 0.717) is 29.8 Å². The van der Waals surface area contributed by atoms with Crippen LogP contribution in [0.3, 0.4) is 0 Å². The molecule has 2 aromatic heterocycles. The fourth-order valence-corrected chi connectivity index (χ4v) is 4.26. The Kier molecular flexibility index (Phi) is 7.51. The van der Waals surface area contributed by atoms with Gasteiger partial charge < -0.3 is 10.1 Å². The van der Waals surface area contributed by atoms with Gasteiger partial charge in [0.15, 0.2) is 5.69 Å². The fraction of sp³-hybridized carbons (Fsp3) is 0.241. The van der Waals surface area contributed by atoms with Crippen LogP contribution in [0.2, 0.25) is 0 Å². The van der Waals surface area contributed by atoms with Crippen molar-refractivity contribution in [1.29, 1.82) is 5.26 Å². The van der Waals surface area contributed by atoms with Gasteiger partial charge in [0.25, 0.3) is 5.91 Å². The average Bonchev–Trinajstić information content (AvgIpc) is 3.66. The summed E-state index contributed by atoms with van der Waals surface area (Å²) in [5, 5.41) is 15.1. The summed E-state index contributed by atoms with van der Waals surface area (Å²) < 4.78 is 62.3. The van der Waals surface area contributed by atoms with Crippen LogP contribution in [-0.2, 0) is 6.18 Å². The largest absolute Gasteiger partial charge is 0.469 e. The van der Waals surface area contributed by atoms with Gasteiger partial charge in [-0.25, -0.2) is 14.1 Å². The molecule has 2 aromatic carbocycles. The van der Waals surface area contributed by atoms with E-state index < -0.39 is 35.4 Å². The highest BCUT2D eigenvalue weighted by molar-refractivity contribution is 6.03. The van der Waals surface area contributed by atoms with Crippen molar-refractivity contribution in [3.8, 4) is 17.6 Å². The van der Waals surface area contributed by atoms with Crippen LogP contribution in [0.15, 0.2) is 72.9 Å². The Morgan fingerprint density at radius 1 is 1.12 bits per heavy atom. The number of aromatic nitrogens is 3. The van der Waals surface area contributed by atoms with E-state index in [1.54, 1.807) is 30.5 Å². The van der Waals surface area contributed by atoms with Crippen molar-refractivity contribution in [3.63, 3.8) is 0 Å². The Morgan fingerprint density at radius 2 is 1.95 bits per heavy atom. The van der Waals surface area contributed by atoms with E-state index in [1.165, 1.54) is 36.4 Å². The Balaban J connectivity index is 1.45. The Morgan fingerprint density at radius 3 is 2.65 bits per heavy atom. The minimum absolute atomic E-state index is 0.0674. The zero-order valence-electron chi connectivity index (χ0n) is 21.0. The number of rotatable bonds is 9. The van der Waals surface area contributed by atoms with Gasteiger partial charge in [-0.3, -0.25) is 4.79 Å². The highest BCUT2D eigenvalue weighted by Gasteiger charge is 2.36. The Hall–Kier alpha value is -4.72. The lowest BCUT2D eigenvalue weighted by molar-refractivity contribution is -0.141. The number of hydrogen-bond donors (Lipinski definition) is 1. The first-order chi connectivity index (χ1) is 19.2. The number of benzene rings is 2. The second-order valence-electron chi connectivity index (χ2n) is 9.48. The predicted molar refractivity (Wildman–Crippen MR) is 137 cm³/mol. The molecule has 1 aliphatic carbocycles. The summed E-state index contributed by atoms with van der Waals surface area (Å²) in [7, 11) is 0. The third-order valence-corrected chi connectivity index (χ3v) is 6.50. The summed E-state index contributed by atoms with van der Waals surface area (Å²) in [6.45, 7) is 0. The summed E-state index contributed by atoms with van der Waals surface area (Å²) in [6.07, 6.45) is 0.0968. The number of ether oxygens (including phenoxy) is 1. The number of nitrogens with one attached hydrogen (secondary N) is 1. The van der Waals surface area contributed by atoms with Crippen LogP contribution in [0.1, 0.15) is 59.1 Å². The molecule has 40 heavy (non-hydrogen) atoms. The number of anilines is 1. The second kappa shape index (κ2) is 11.2. The van der Waals surface area contributed by atoms with Crippen LogP contribution in [0.4, 0.5) is 23.2 Å². The van der Waals surface area contributed by atoms with E-state index in [-0.39, 0.29) is 16.9 Å². The molecule has 0 aliphatic heterocycles. The summed E-state index contributed by atoms with van der Waals surface area (Å²) in [6, 6.07) is 17.5. The van der Waals surface area contributed by atoms with E-state index in [1.807, 2.05) is 6.07 Å². The van der Waals surface area contributed by atoms with Gasteiger partial charge in [0.1, 0.15) is 17.6 Å². The lowest BCUT2D eigenvalue weighted by Gasteiger charge is -2.20. The van der Waals surface area contributed by atoms with Crippen molar-refractivity contribution in [2.75, 3.05) is 5.32 Å². The molecule has 0 bridgehead atoms. The molecule has 1 fully saturated rings. The molecule has 1 unspecified atom stereocenters. The van der Waals surface area contributed by atoms with Crippen molar-refractivity contribution >= 4 is 11.6 Å². The van der Waals surface area contributed by atoms with Crippen molar-refractivity contribution in [3.05, 3.63) is 101 Å².